The highest BCUT2D eigenvalue weighted by atomic mass is 32.2. The van der Waals surface area contributed by atoms with Gasteiger partial charge < -0.3 is 11.1 Å². The summed E-state index contributed by atoms with van der Waals surface area (Å²) in [5, 5.41) is 7.23. The summed E-state index contributed by atoms with van der Waals surface area (Å²) < 4.78 is 56.1. The number of pyridine rings is 1. The van der Waals surface area contributed by atoms with E-state index in [9.17, 15) is 8.42 Å². The molecule has 0 spiro atoms. The Labute approximate surface area is 225 Å². The van der Waals surface area contributed by atoms with Gasteiger partial charge >= 0.3 is 0 Å². The fourth-order valence-corrected chi connectivity index (χ4v) is 7.84. The van der Waals surface area contributed by atoms with Crippen LogP contribution < -0.4 is 11.1 Å². The van der Waals surface area contributed by atoms with Crippen LogP contribution >= 0.6 is 0 Å². The molecule has 0 radical (unpaired) electrons. The van der Waals surface area contributed by atoms with Crippen molar-refractivity contribution < 1.29 is 17.2 Å². The number of sulfone groups is 1. The Morgan fingerprint density at radius 2 is 1.79 bits per heavy atom. The highest BCUT2D eigenvalue weighted by molar-refractivity contribution is 7.91. The lowest BCUT2D eigenvalue weighted by atomic mass is 9.76. The molecule has 4 atom stereocenters. The Morgan fingerprint density at radius 1 is 1.05 bits per heavy atom. The predicted octanol–water partition coefficient (Wildman–Crippen LogP) is 4.94. The average molecular weight is 553 g/mol. The van der Waals surface area contributed by atoms with Crippen LogP contribution in [0.5, 0.6) is 0 Å². The number of nitrogens with one attached hydrogen (secondary N) is 1. The van der Waals surface area contributed by atoms with Crippen LogP contribution in [0.2, 0.25) is 0 Å². The average Bonchev–Trinajstić information content (AvgIpc) is 3.65. The van der Waals surface area contributed by atoms with E-state index in [1.807, 2.05) is 13.0 Å². The van der Waals surface area contributed by atoms with Crippen LogP contribution in [0.15, 0.2) is 48.9 Å². The number of hydrogen-bond acceptors (Lipinski definition) is 7. The summed E-state index contributed by atoms with van der Waals surface area (Å²) in [6, 6.07) is 7.52. The van der Waals surface area contributed by atoms with Gasteiger partial charge in [0.15, 0.2) is 9.84 Å². The number of hydrogen-bond donors (Lipinski definition) is 2. The normalized spacial score (nSPS) is 23.7. The molecule has 0 saturated heterocycles. The molecule has 0 bridgehead atoms. The Morgan fingerprint density at radius 3 is 2.46 bits per heavy atom. The van der Waals surface area contributed by atoms with Gasteiger partial charge in [0.05, 0.1) is 40.1 Å². The van der Waals surface area contributed by atoms with E-state index in [1.54, 1.807) is 30.7 Å². The van der Waals surface area contributed by atoms with Crippen LogP contribution in [0, 0.1) is 17.6 Å². The second-order valence-electron chi connectivity index (χ2n) is 11.0. The zero-order valence-electron chi connectivity index (χ0n) is 21.7. The van der Waals surface area contributed by atoms with Crippen molar-refractivity contribution in [2.24, 2.45) is 11.7 Å². The standard InChI is InChI=1S/C28H30F2N6O2S/c1-15-9-18(12-23(31)27(15)39(2,37)38)20-7-8-32-14-25(20)34-28-33-13-19-5-6-24(35-36(19)28)26-21(29)10-17(11-22(26)30)16-3-4-16/h5-8,10-11,13-16,18,23,27H,3-4,9,12,31H2,1-2H3,(H,33,34)/t15-,18+,23+,27-/m0/s1. The fourth-order valence-electron chi connectivity index (χ4n) is 6.13. The van der Waals surface area contributed by atoms with E-state index in [0.717, 1.165) is 18.4 Å². The third kappa shape index (κ3) is 4.89. The Bertz CT molecular complexity index is 1630. The van der Waals surface area contributed by atoms with Crippen LogP contribution in [0.4, 0.5) is 20.4 Å². The maximum atomic E-state index is 15.0. The fraction of sp³-hybridized carbons (Fsp3) is 0.393. The van der Waals surface area contributed by atoms with Crippen LogP contribution in [-0.4, -0.2) is 45.5 Å². The van der Waals surface area contributed by atoms with Gasteiger partial charge in [-0.25, -0.2) is 22.2 Å². The first-order valence-corrected chi connectivity index (χ1v) is 15.0. The van der Waals surface area contributed by atoms with E-state index in [2.05, 4.69) is 20.4 Å². The quantitative estimate of drug-likeness (QED) is 0.348. The molecule has 2 saturated carbocycles. The van der Waals surface area contributed by atoms with Crippen molar-refractivity contribution >= 4 is 27.0 Å². The number of rotatable bonds is 6. The molecular formula is C28H30F2N6O2S. The summed E-state index contributed by atoms with van der Waals surface area (Å²) in [7, 11) is -3.27. The second kappa shape index (κ2) is 9.63. The lowest BCUT2D eigenvalue weighted by Crippen LogP contribution is -2.48. The van der Waals surface area contributed by atoms with Gasteiger partial charge in [0.2, 0.25) is 5.95 Å². The summed E-state index contributed by atoms with van der Waals surface area (Å²) in [6.07, 6.45) is 9.31. The second-order valence-corrected chi connectivity index (χ2v) is 13.2. The molecule has 4 aromatic rings. The van der Waals surface area contributed by atoms with Gasteiger partial charge in [-0.05, 0) is 84.9 Å². The number of imidazole rings is 1. The summed E-state index contributed by atoms with van der Waals surface area (Å²) in [6.45, 7) is 1.93. The Kier molecular flexibility index (Phi) is 6.38. The minimum absolute atomic E-state index is 0.0152. The van der Waals surface area contributed by atoms with E-state index in [-0.39, 0.29) is 29.0 Å². The lowest BCUT2D eigenvalue weighted by molar-refractivity contribution is 0.309. The smallest absolute Gasteiger partial charge is 0.229 e. The zero-order valence-corrected chi connectivity index (χ0v) is 22.5. The van der Waals surface area contributed by atoms with E-state index in [4.69, 9.17) is 5.73 Å². The molecule has 0 unspecified atom stereocenters. The number of anilines is 2. The molecule has 0 amide bonds. The molecule has 3 N–H and O–H groups in total. The van der Waals surface area contributed by atoms with Crippen molar-refractivity contribution in [3.05, 3.63) is 71.7 Å². The van der Waals surface area contributed by atoms with Crippen LogP contribution in [0.3, 0.4) is 0 Å². The van der Waals surface area contributed by atoms with Crippen molar-refractivity contribution in [3.63, 3.8) is 0 Å². The number of nitrogens with zero attached hydrogens (tertiary/aromatic N) is 4. The van der Waals surface area contributed by atoms with E-state index < -0.39 is 32.8 Å². The highest BCUT2D eigenvalue weighted by Crippen LogP contribution is 2.43. The molecule has 2 aliphatic carbocycles. The number of aromatic nitrogens is 4. The van der Waals surface area contributed by atoms with Gasteiger partial charge in [-0.2, -0.15) is 9.61 Å². The molecule has 11 heteroatoms. The predicted molar refractivity (Wildman–Crippen MR) is 146 cm³/mol. The van der Waals surface area contributed by atoms with Gasteiger partial charge in [-0.3, -0.25) is 4.98 Å². The number of fused-ring (bicyclic) bond motifs is 1. The van der Waals surface area contributed by atoms with Crippen molar-refractivity contribution in [1.29, 1.82) is 0 Å². The molecule has 204 valence electrons. The van der Waals surface area contributed by atoms with E-state index in [1.165, 1.54) is 22.9 Å². The maximum Gasteiger partial charge on any atom is 0.229 e. The first kappa shape index (κ1) is 25.8. The van der Waals surface area contributed by atoms with Crippen LogP contribution in [0.25, 0.3) is 16.8 Å². The first-order valence-electron chi connectivity index (χ1n) is 13.1. The first-order chi connectivity index (χ1) is 18.6. The molecule has 8 nitrogen and oxygen atoms in total. The number of halogens is 2. The topological polar surface area (TPSA) is 115 Å². The molecule has 6 rings (SSSR count). The summed E-state index contributed by atoms with van der Waals surface area (Å²) in [5.41, 5.74) is 9.31. The highest BCUT2D eigenvalue weighted by Gasteiger charge is 2.40. The van der Waals surface area contributed by atoms with Crippen molar-refractivity contribution in [1.82, 2.24) is 19.6 Å². The molecule has 2 aliphatic rings. The lowest BCUT2D eigenvalue weighted by Gasteiger charge is -2.38. The van der Waals surface area contributed by atoms with Crippen molar-refractivity contribution in [2.75, 3.05) is 11.6 Å². The molecule has 2 fully saturated rings. The van der Waals surface area contributed by atoms with Gasteiger partial charge in [0.1, 0.15) is 11.6 Å². The van der Waals surface area contributed by atoms with Gasteiger partial charge in [-0.1, -0.05) is 6.92 Å². The summed E-state index contributed by atoms with van der Waals surface area (Å²) >= 11 is 0. The molecule has 39 heavy (non-hydrogen) atoms. The van der Waals surface area contributed by atoms with Gasteiger partial charge in [-0.15, -0.1) is 0 Å². The Balaban J connectivity index is 1.32. The van der Waals surface area contributed by atoms with Crippen LogP contribution in [0.1, 0.15) is 55.6 Å². The van der Waals surface area contributed by atoms with Crippen LogP contribution in [-0.2, 0) is 9.84 Å². The summed E-state index contributed by atoms with van der Waals surface area (Å²) in [5.74, 6) is -0.774. The minimum atomic E-state index is -3.27. The number of nitrogens with two attached hydrogens (primary N) is 1. The van der Waals surface area contributed by atoms with Gasteiger partial charge in [0.25, 0.3) is 0 Å². The van der Waals surface area contributed by atoms with E-state index in [0.29, 0.717) is 35.6 Å². The molecule has 3 aromatic heterocycles. The SMILES string of the molecule is C[C@H]1C[C@@H](c2ccncc2Nc2ncc3ccc(-c4c(F)cc(C5CC5)cc4F)nn23)C[C@@H](N)[C@H]1S(C)(=O)=O. The molecule has 0 aliphatic heterocycles. The maximum absolute atomic E-state index is 15.0. The van der Waals surface area contributed by atoms with E-state index >= 15 is 8.78 Å². The third-order valence-electron chi connectivity index (χ3n) is 7.98. The van der Waals surface area contributed by atoms with Gasteiger partial charge in [0, 0.05) is 18.5 Å². The minimum Gasteiger partial charge on any atom is -0.326 e. The monoisotopic (exact) mass is 552 g/mol. The van der Waals surface area contributed by atoms with Crippen molar-refractivity contribution in [3.8, 4) is 11.3 Å². The zero-order chi connectivity index (χ0) is 27.5. The largest absolute Gasteiger partial charge is 0.326 e. The third-order valence-corrected chi connectivity index (χ3v) is 9.79. The van der Waals surface area contributed by atoms with Crippen molar-refractivity contribution in [2.45, 2.75) is 55.7 Å². The summed E-state index contributed by atoms with van der Waals surface area (Å²) in [4.78, 5) is 8.71. The Hall–Kier alpha value is -3.44. The molecular weight excluding hydrogens is 522 g/mol. The number of benzene rings is 1. The molecule has 3 heterocycles. The molecule has 1 aromatic carbocycles.